The summed E-state index contributed by atoms with van der Waals surface area (Å²) in [6.07, 6.45) is 0. The van der Waals surface area contributed by atoms with Crippen molar-refractivity contribution >= 4 is 33.0 Å². The zero-order valence-electron chi connectivity index (χ0n) is 10.4. The van der Waals surface area contributed by atoms with Gasteiger partial charge in [0, 0.05) is 18.5 Å². The van der Waals surface area contributed by atoms with Crippen molar-refractivity contribution in [2.75, 3.05) is 7.05 Å². The fourth-order valence-corrected chi connectivity index (χ4v) is 4.58. The molecule has 1 heterocycles. The molecule has 0 amide bonds. The molecule has 0 saturated heterocycles. The topological polar surface area (TPSA) is 37.4 Å². The van der Waals surface area contributed by atoms with Crippen LogP contribution in [0.25, 0.3) is 0 Å². The van der Waals surface area contributed by atoms with Crippen LogP contribution in [0.5, 0.6) is 0 Å². The average molecular weight is 316 g/mol. The number of nitrogens with zero attached hydrogens (tertiary/aromatic N) is 1. The molecule has 0 radical (unpaired) electrons. The van der Waals surface area contributed by atoms with Gasteiger partial charge in [0.15, 0.2) is 0 Å². The summed E-state index contributed by atoms with van der Waals surface area (Å²) in [5, 5.41) is 1.75. The van der Waals surface area contributed by atoms with Crippen LogP contribution in [0.15, 0.2) is 46.7 Å². The van der Waals surface area contributed by atoms with E-state index in [1.54, 1.807) is 18.5 Å². The minimum absolute atomic E-state index is 0.214. The van der Waals surface area contributed by atoms with Crippen LogP contribution in [0.3, 0.4) is 0 Å². The number of alkyl halides is 1. The molecule has 0 spiro atoms. The summed E-state index contributed by atoms with van der Waals surface area (Å²) in [4.78, 5) is 0.993. The second kappa shape index (κ2) is 6.05. The van der Waals surface area contributed by atoms with Crippen molar-refractivity contribution in [1.29, 1.82) is 0 Å². The summed E-state index contributed by atoms with van der Waals surface area (Å²) >= 11 is 7.13. The van der Waals surface area contributed by atoms with E-state index in [0.29, 0.717) is 16.3 Å². The second-order valence-corrected chi connectivity index (χ2v) is 7.37. The van der Waals surface area contributed by atoms with Gasteiger partial charge in [-0.15, -0.1) is 22.9 Å². The third-order valence-corrected chi connectivity index (χ3v) is 6.13. The predicted molar refractivity (Wildman–Crippen MR) is 79.0 cm³/mol. The molecule has 0 aliphatic rings. The molecular formula is C13H14ClNO2S2. The molecule has 0 aliphatic carbocycles. The molecule has 0 bridgehead atoms. The van der Waals surface area contributed by atoms with Crippen LogP contribution in [-0.2, 0) is 22.4 Å². The van der Waals surface area contributed by atoms with Crippen molar-refractivity contribution in [3.05, 3.63) is 52.2 Å². The van der Waals surface area contributed by atoms with E-state index in [1.807, 2.05) is 30.3 Å². The van der Waals surface area contributed by atoms with Crippen molar-refractivity contribution in [2.45, 2.75) is 17.3 Å². The van der Waals surface area contributed by atoms with E-state index < -0.39 is 10.0 Å². The Morgan fingerprint density at radius 1 is 1.21 bits per heavy atom. The molecule has 1 aromatic carbocycles. The second-order valence-electron chi connectivity index (χ2n) is 4.09. The number of halogens is 1. The smallest absolute Gasteiger partial charge is 0.207 e. The molecule has 1 aromatic heterocycles. The maximum Gasteiger partial charge on any atom is 0.244 e. The van der Waals surface area contributed by atoms with Gasteiger partial charge >= 0.3 is 0 Å². The number of hydrogen-bond acceptors (Lipinski definition) is 3. The molecule has 0 N–H and O–H groups in total. The molecule has 0 fully saturated rings. The van der Waals surface area contributed by atoms with E-state index in [0.717, 1.165) is 5.56 Å². The van der Waals surface area contributed by atoms with Crippen LogP contribution in [-0.4, -0.2) is 19.8 Å². The van der Waals surface area contributed by atoms with Crippen LogP contribution >= 0.6 is 22.9 Å². The van der Waals surface area contributed by atoms with Crippen LogP contribution in [0.1, 0.15) is 10.4 Å². The molecule has 102 valence electrons. The van der Waals surface area contributed by atoms with Crippen LogP contribution in [0.2, 0.25) is 0 Å². The van der Waals surface area contributed by atoms with Crippen LogP contribution < -0.4 is 0 Å². The normalized spacial score (nSPS) is 11.9. The predicted octanol–water partition coefficient (Wildman–Crippen LogP) is 3.31. The molecule has 3 nitrogen and oxygen atoms in total. The van der Waals surface area contributed by atoms with Gasteiger partial charge in [0.1, 0.15) is 0 Å². The molecule has 2 aromatic rings. The van der Waals surface area contributed by atoms with E-state index in [1.165, 1.54) is 15.6 Å². The SMILES string of the molecule is CN(Cc1ccccc1)S(=O)(=O)c1ccsc1CCl. The minimum Gasteiger partial charge on any atom is -0.207 e. The van der Waals surface area contributed by atoms with Crippen molar-refractivity contribution in [2.24, 2.45) is 0 Å². The summed E-state index contributed by atoms with van der Waals surface area (Å²) in [6, 6.07) is 11.1. The fraction of sp³-hybridized carbons (Fsp3) is 0.231. The van der Waals surface area contributed by atoms with E-state index >= 15 is 0 Å². The van der Waals surface area contributed by atoms with Gasteiger partial charge in [-0.3, -0.25) is 0 Å². The quantitative estimate of drug-likeness (QED) is 0.794. The van der Waals surface area contributed by atoms with Gasteiger partial charge in [0.05, 0.1) is 10.8 Å². The zero-order valence-corrected chi connectivity index (χ0v) is 12.8. The van der Waals surface area contributed by atoms with E-state index in [4.69, 9.17) is 11.6 Å². The summed E-state index contributed by atoms with van der Waals surface area (Å²) in [5.41, 5.74) is 0.955. The Hall–Kier alpha value is -0.880. The summed E-state index contributed by atoms with van der Waals surface area (Å²) in [6.45, 7) is 0.348. The van der Waals surface area contributed by atoms with E-state index in [2.05, 4.69) is 0 Å². The standard InChI is InChI=1S/C13H14ClNO2S2/c1-15(10-11-5-3-2-4-6-11)19(16,17)13-7-8-18-12(13)9-14/h2-8H,9-10H2,1H3. The highest BCUT2D eigenvalue weighted by atomic mass is 35.5. The third-order valence-electron chi connectivity index (χ3n) is 2.76. The lowest BCUT2D eigenvalue weighted by Crippen LogP contribution is -2.26. The Labute approximate surface area is 122 Å². The lowest BCUT2D eigenvalue weighted by atomic mass is 10.2. The lowest BCUT2D eigenvalue weighted by molar-refractivity contribution is 0.466. The molecule has 2 rings (SSSR count). The number of hydrogen-bond donors (Lipinski definition) is 0. The summed E-state index contributed by atoms with van der Waals surface area (Å²) in [7, 11) is -1.90. The van der Waals surface area contributed by atoms with E-state index in [-0.39, 0.29) is 5.88 Å². The first kappa shape index (κ1) is 14.5. The Morgan fingerprint density at radius 2 is 1.89 bits per heavy atom. The monoisotopic (exact) mass is 315 g/mol. The van der Waals surface area contributed by atoms with Crippen LogP contribution in [0, 0.1) is 0 Å². The van der Waals surface area contributed by atoms with Crippen molar-refractivity contribution < 1.29 is 8.42 Å². The van der Waals surface area contributed by atoms with Crippen molar-refractivity contribution in [1.82, 2.24) is 4.31 Å². The maximum atomic E-state index is 12.5. The highest BCUT2D eigenvalue weighted by Crippen LogP contribution is 2.26. The van der Waals surface area contributed by atoms with Gasteiger partial charge in [-0.1, -0.05) is 30.3 Å². The van der Waals surface area contributed by atoms with Crippen molar-refractivity contribution in [3.63, 3.8) is 0 Å². The molecule has 0 unspecified atom stereocenters. The van der Waals surface area contributed by atoms with Crippen LogP contribution in [0.4, 0.5) is 0 Å². The Bertz CT molecular complexity index is 638. The number of rotatable bonds is 5. The Balaban J connectivity index is 2.25. The van der Waals surface area contributed by atoms with Gasteiger partial charge in [0.2, 0.25) is 10.0 Å². The highest BCUT2D eigenvalue weighted by Gasteiger charge is 2.24. The summed E-state index contributed by atoms with van der Waals surface area (Å²) < 4.78 is 26.3. The molecule has 6 heteroatoms. The molecule has 0 atom stereocenters. The van der Waals surface area contributed by atoms with Gasteiger partial charge in [-0.2, -0.15) is 4.31 Å². The van der Waals surface area contributed by atoms with Crippen molar-refractivity contribution in [3.8, 4) is 0 Å². The third kappa shape index (κ3) is 3.17. The van der Waals surface area contributed by atoms with E-state index in [9.17, 15) is 8.42 Å². The number of thiophene rings is 1. The van der Waals surface area contributed by atoms with Gasteiger partial charge in [-0.25, -0.2) is 8.42 Å². The zero-order chi connectivity index (χ0) is 13.9. The molecule has 0 aliphatic heterocycles. The molecular weight excluding hydrogens is 302 g/mol. The first-order valence-corrected chi connectivity index (χ1v) is 8.53. The van der Waals surface area contributed by atoms with Gasteiger partial charge in [-0.05, 0) is 17.0 Å². The first-order chi connectivity index (χ1) is 9.05. The Morgan fingerprint density at radius 3 is 2.53 bits per heavy atom. The molecule has 19 heavy (non-hydrogen) atoms. The van der Waals surface area contributed by atoms with Gasteiger partial charge < -0.3 is 0 Å². The van der Waals surface area contributed by atoms with Gasteiger partial charge in [0.25, 0.3) is 0 Å². The fourth-order valence-electron chi connectivity index (χ4n) is 1.75. The lowest BCUT2D eigenvalue weighted by Gasteiger charge is -2.17. The average Bonchev–Trinajstić information content (AvgIpc) is 2.88. The Kier molecular flexibility index (Phi) is 4.62. The number of sulfonamides is 1. The minimum atomic E-state index is -3.48. The first-order valence-electron chi connectivity index (χ1n) is 5.68. The maximum absolute atomic E-state index is 12.5. The number of benzene rings is 1. The highest BCUT2D eigenvalue weighted by molar-refractivity contribution is 7.89. The summed E-state index contributed by atoms with van der Waals surface area (Å²) in [5.74, 6) is 0.214. The molecule has 0 saturated carbocycles. The largest absolute Gasteiger partial charge is 0.244 e.